The molecule has 0 aliphatic rings. The van der Waals surface area contributed by atoms with Gasteiger partial charge >= 0.3 is 6.18 Å². The Kier molecular flexibility index (Phi) is 5.26. The summed E-state index contributed by atoms with van der Waals surface area (Å²) in [4.78, 5) is 22.2. The Morgan fingerprint density at radius 3 is 2.36 bits per heavy atom. The molecule has 0 unspecified atom stereocenters. The number of nitrogens with one attached hydrogen (secondary N) is 2. The number of nitrogens with zero attached hydrogens (tertiary/aromatic N) is 1. The molecule has 0 saturated heterocycles. The molecule has 2 rings (SSSR count). The van der Waals surface area contributed by atoms with E-state index >= 15 is 0 Å². The number of hydrogen-bond acceptors (Lipinski definition) is 4. The Morgan fingerprint density at radius 2 is 1.80 bits per heavy atom. The summed E-state index contributed by atoms with van der Waals surface area (Å²) in [6, 6.07) is 8.47. The highest BCUT2D eigenvalue weighted by atomic mass is 19.4. The van der Waals surface area contributed by atoms with Crippen molar-refractivity contribution in [2.24, 2.45) is 0 Å². The molecule has 0 aliphatic carbocycles. The van der Waals surface area contributed by atoms with Crippen molar-refractivity contribution in [1.29, 1.82) is 0 Å². The van der Waals surface area contributed by atoms with Crippen LogP contribution >= 0.6 is 0 Å². The Morgan fingerprint density at radius 1 is 1.16 bits per heavy atom. The maximum atomic E-state index is 12.5. The first kappa shape index (κ1) is 18.2. The third-order valence-electron chi connectivity index (χ3n) is 3.44. The van der Waals surface area contributed by atoms with Crippen LogP contribution in [0, 0.1) is 17.0 Å². The van der Waals surface area contributed by atoms with Gasteiger partial charge in [-0.1, -0.05) is 6.07 Å². The number of hydrogen-bond donors (Lipinski definition) is 2. The summed E-state index contributed by atoms with van der Waals surface area (Å²) in [5, 5.41) is 16.1. The highest BCUT2D eigenvalue weighted by molar-refractivity contribution is 5.93. The molecule has 9 heteroatoms. The molecule has 0 spiro atoms. The fraction of sp³-hybridized carbons (Fsp3) is 0.188. The minimum absolute atomic E-state index is 0.0758. The summed E-state index contributed by atoms with van der Waals surface area (Å²) in [6.07, 6.45) is -4.44. The lowest BCUT2D eigenvalue weighted by atomic mass is 10.1. The van der Waals surface area contributed by atoms with Crippen molar-refractivity contribution < 1.29 is 22.9 Å². The van der Waals surface area contributed by atoms with Gasteiger partial charge in [-0.05, 0) is 37.3 Å². The van der Waals surface area contributed by atoms with Crippen molar-refractivity contribution in [3.05, 3.63) is 63.7 Å². The molecule has 132 valence electrons. The first-order valence-electron chi connectivity index (χ1n) is 7.13. The summed E-state index contributed by atoms with van der Waals surface area (Å²) in [6.45, 7) is 1.36. The third kappa shape index (κ3) is 4.69. The highest BCUT2D eigenvalue weighted by Gasteiger charge is 2.29. The van der Waals surface area contributed by atoms with Crippen molar-refractivity contribution in [3.8, 4) is 0 Å². The predicted octanol–water partition coefficient (Wildman–Crippen LogP) is 3.97. The standard InChI is InChI=1S/C16H14F3N3O3/c1-10-13(3-2-4-14(10)22(24)25)20-9-15(23)21-12-7-5-11(6-8-12)16(17,18)19/h2-8,20H,9H2,1H3,(H,21,23). The van der Waals surface area contributed by atoms with E-state index in [1.165, 1.54) is 12.1 Å². The van der Waals surface area contributed by atoms with Gasteiger partial charge in [0.2, 0.25) is 5.91 Å². The van der Waals surface area contributed by atoms with Crippen LogP contribution in [0.3, 0.4) is 0 Å². The maximum absolute atomic E-state index is 12.5. The topological polar surface area (TPSA) is 84.3 Å². The van der Waals surface area contributed by atoms with Crippen LogP contribution in [0.15, 0.2) is 42.5 Å². The third-order valence-corrected chi connectivity index (χ3v) is 3.44. The smallest absolute Gasteiger partial charge is 0.376 e. The summed E-state index contributed by atoms with van der Waals surface area (Å²) >= 11 is 0. The molecule has 25 heavy (non-hydrogen) atoms. The highest BCUT2D eigenvalue weighted by Crippen LogP contribution is 2.30. The van der Waals surface area contributed by atoms with E-state index in [2.05, 4.69) is 10.6 Å². The number of alkyl halides is 3. The quantitative estimate of drug-likeness (QED) is 0.629. The van der Waals surface area contributed by atoms with Gasteiger partial charge < -0.3 is 10.6 Å². The fourth-order valence-electron chi connectivity index (χ4n) is 2.14. The lowest BCUT2D eigenvalue weighted by Crippen LogP contribution is -2.22. The van der Waals surface area contributed by atoms with Gasteiger partial charge in [-0.15, -0.1) is 0 Å². The zero-order valence-electron chi connectivity index (χ0n) is 13.1. The second kappa shape index (κ2) is 7.20. The molecule has 6 nitrogen and oxygen atoms in total. The van der Waals surface area contributed by atoms with E-state index in [4.69, 9.17) is 0 Å². The van der Waals surface area contributed by atoms with E-state index in [0.717, 1.165) is 24.3 Å². The SMILES string of the molecule is Cc1c(NCC(=O)Nc2ccc(C(F)(F)F)cc2)cccc1[N+](=O)[O-]. The monoisotopic (exact) mass is 353 g/mol. The Hall–Kier alpha value is -3.10. The van der Waals surface area contributed by atoms with Crippen LogP contribution in [0.1, 0.15) is 11.1 Å². The molecular weight excluding hydrogens is 339 g/mol. The van der Waals surface area contributed by atoms with Gasteiger partial charge in [0.05, 0.1) is 17.0 Å². The number of carbonyl (C=O) groups is 1. The van der Waals surface area contributed by atoms with E-state index in [1.54, 1.807) is 13.0 Å². The lowest BCUT2D eigenvalue weighted by Gasteiger charge is -2.11. The zero-order chi connectivity index (χ0) is 18.6. The number of benzene rings is 2. The molecule has 0 aliphatic heterocycles. The minimum atomic E-state index is -4.44. The largest absolute Gasteiger partial charge is 0.416 e. The van der Waals surface area contributed by atoms with E-state index < -0.39 is 22.6 Å². The molecule has 0 radical (unpaired) electrons. The molecule has 2 aromatic carbocycles. The molecule has 2 aromatic rings. The second-order valence-corrected chi connectivity index (χ2v) is 5.18. The number of anilines is 2. The molecule has 0 bridgehead atoms. The van der Waals surface area contributed by atoms with Crippen LogP contribution in [0.5, 0.6) is 0 Å². The van der Waals surface area contributed by atoms with Crippen LogP contribution in [0.2, 0.25) is 0 Å². The molecule has 1 amide bonds. The second-order valence-electron chi connectivity index (χ2n) is 5.18. The van der Waals surface area contributed by atoms with E-state index in [0.29, 0.717) is 11.3 Å². The maximum Gasteiger partial charge on any atom is 0.416 e. The van der Waals surface area contributed by atoms with Crippen LogP contribution in [-0.2, 0) is 11.0 Å². The molecule has 0 aromatic heterocycles. The first-order valence-corrected chi connectivity index (χ1v) is 7.13. The fourth-order valence-corrected chi connectivity index (χ4v) is 2.14. The molecular formula is C16H14F3N3O3. The van der Waals surface area contributed by atoms with Gasteiger partial charge in [0.15, 0.2) is 0 Å². The van der Waals surface area contributed by atoms with Crippen LogP contribution in [0.25, 0.3) is 0 Å². The Labute approximate surface area is 140 Å². The summed E-state index contributed by atoms with van der Waals surface area (Å²) in [7, 11) is 0. The normalized spacial score (nSPS) is 11.0. The van der Waals surface area contributed by atoms with E-state index in [1.807, 2.05) is 0 Å². The number of rotatable bonds is 5. The minimum Gasteiger partial charge on any atom is -0.376 e. The van der Waals surface area contributed by atoms with Gasteiger partial charge in [-0.25, -0.2) is 0 Å². The number of amides is 1. The van der Waals surface area contributed by atoms with Gasteiger partial charge in [0, 0.05) is 23.0 Å². The van der Waals surface area contributed by atoms with Crippen molar-refractivity contribution >= 4 is 23.0 Å². The van der Waals surface area contributed by atoms with Crippen LogP contribution in [0.4, 0.5) is 30.2 Å². The average molecular weight is 353 g/mol. The van der Waals surface area contributed by atoms with Gasteiger partial charge in [0.1, 0.15) is 0 Å². The summed E-state index contributed by atoms with van der Waals surface area (Å²) in [5.74, 6) is -0.495. The van der Waals surface area contributed by atoms with Gasteiger partial charge in [0.25, 0.3) is 5.69 Å². The summed E-state index contributed by atoms with van der Waals surface area (Å²) in [5.41, 5.74) is 0.145. The average Bonchev–Trinajstić information content (AvgIpc) is 2.53. The van der Waals surface area contributed by atoms with Crippen molar-refractivity contribution in [3.63, 3.8) is 0 Å². The van der Waals surface area contributed by atoms with Gasteiger partial charge in [-0.3, -0.25) is 14.9 Å². The van der Waals surface area contributed by atoms with Crippen LogP contribution in [-0.4, -0.2) is 17.4 Å². The van der Waals surface area contributed by atoms with Crippen molar-refractivity contribution in [1.82, 2.24) is 0 Å². The summed E-state index contributed by atoms with van der Waals surface area (Å²) < 4.78 is 37.4. The molecule has 2 N–H and O–H groups in total. The number of halogens is 3. The Balaban J connectivity index is 1.97. The molecule has 0 saturated carbocycles. The molecule has 0 fully saturated rings. The number of nitro benzene ring substituents is 1. The number of carbonyl (C=O) groups excluding carboxylic acids is 1. The molecule has 0 heterocycles. The van der Waals surface area contributed by atoms with Crippen molar-refractivity contribution in [2.45, 2.75) is 13.1 Å². The van der Waals surface area contributed by atoms with Crippen LogP contribution < -0.4 is 10.6 Å². The van der Waals surface area contributed by atoms with E-state index in [-0.39, 0.29) is 17.9 Å². The number of nitro groups is 1. The van der Waals surface area contributed by atoms with Crippen molar-refractivity contribution in [2.75, 3.05) is 17.2 Å². The first-order chi connectivity index (χ1) is 11.7. The zero-order valence-corrected chi connectivity index (χ0v) is 13.1. The molecule has 0 atom stereocenters. The Bertz CT molecular complexity index is 789. The predicted molar refractivity (Wildman–Crippen MR) is 86.4 cm³/mol. The van der Waals surface area contributed by atoms with E-state index in [9.17, 15) is 28.1 Å². The lowest BCUT2D eigenvalue weighted by molar-refractivity contribution is -0.385. The van der Waals surface area contributed by atoms with Gasteiger partial charge in [-0.2, -0.15) is 13.2 Å².